The van der Waals surface area contributed by atoms with Gasteiger partial charge in [0.2, 0.25) is 0 Å². The Balaban J connectivity index is 2.53. The smallest absolute Gasteiger partial charge is 0.141 e. The highest BCUT2D eigenvalue weighted by atomic mass is 15.2. The summed E-state index contributed by atoms with van der Waals surface area (Å²) >= 11 is 0. The maximum Gasteiger partial charge on any atom is 0.141 e. The fraction of sp³-hybridized carbons (Fsp3) is 0.412. The molecule has 4 heteroatoms. The van der Waals surface area contributed by atoms with Crippen LogP contribution in [-0.4, -0.2) is 23.6 Å². The zero-order valence-electron chi connectivity index (χ0n) is 13.6. The first kappa shape index (κ1) is 15.3. The normalized spacial score (nSPS) is 10.5. The van der Waals surface area contributed by atoms with Crippen molar-refractivity contribution in [2.24, 2.45) is 0 Å². The van der Waals surface area contributed by atoms with Crippen LogP contribution >= 0.6 is 0 Å². The Morgan fingerprint density at radius 2 is 1.71 bits per heavy atom. The van der Waals surface area contributed by atoms with Crippen LogP contribution in [0.5, 0.6) is 0 Å². The van der Waals surface area contributed by atoms with E-state index >= 15 is 0 Å². The molecule has 0 saturated heterocycles. The van der Waals surface area contributed by atoms with Gasteiger partial charge in [0.25, 0.3) is 0 Å². The molecule has 0 bridgehead atoms. The number of rotatable bonds is 5. The quantitative estimate of drug-likeness (QED) is 0.905. The van der Waals surface area contributed by atoms with Crippen molar-refractivity contribution in [2.45, 2.75) is 34.1 Å². The van der Waals surface area contributed by atoms with Crippen LogP contribution in [0.25, 0.3) is 0 Å². The van der Waals surface area contributed by atoms with Crippen LogP contribution in [0.15, 0.2) is 24.3 Å². The number of hydrogen-bond acceptors (Lipinski definition) is 4. The monoisotopic (exact) mass is 284 g/mol. The van der Waals surface area contributed by atoms with Gasteiger partial charge in [0, 0.05) is 31.3 Å². The molecule has 0 atom stereocenters. The van der Waals surface area contributed by atoms with Crippen molar-refractivity contribution in [1.29, 1.82) is 0 Å². The summed E-state index contributed by atoms with van der Waals surface area (Å²) in [5.41, 5.74) is 3.51. The third-order valence-corrected chi connectivity index (χ3v) is 3.64. The van der Waals surface area contributed by atoms with Gasteiger partial charge in [-0.25, -0.2) is 9.97 Å². The summed E-state index contributed by atoms with van der Waals surface area (Å²) in [6.45, 7) is 9.26. The summed E-state index contributed by atoms with van der Waals surface area (Å²) in [7, 11) is 1.90. The lowest BCUT2D eigenvalue weighted by Crippen LogP contribution is -2.20. The van der Waals surface area contributed by atoms with Gasteiger partial charge in [-0.05, 0) is 32.9 Å². The number of aromatic nitrogens is 2. The van der Waals surface area contributed by atoms with E-state index in [1.165, 1.54) is 5.56 Å². The van der Waals surface area contributed by atoms with Crippen LogP contribution in [0.4, 0.5) is 17.3 Å². The number of aryl methyl sites for hydroxylation is 2. The molecule has 0 saturated carbocycles. The van der Waals surface area contributed by atoms with Gasteiger partial charge in [-0.15, -0.1) is 0 Å². The average Bonchev–Trinajstić information content (AvgIpc) is 2.51. The molecule has 0 aliphatic heterocycles. The SMILES string of the molecule is CCc1nc(NC)c(C)c(N(CC)c2ccc(C)cc2)n1. The van der Waals surface area contributed by atoms with E-state index in [2.05, 4.69) is 67.2 Å². The number of nitrogens with one attached hydrogen (secondary N) is 1. The average molecular weight is 284 g/mol. The Bertz CT molecular complexity index is 605. The number of anilines is 3. The minimum absolute atomic E-state index is 0.827. The van der Waals surface area contributed by atoms with Crippen molar-refractivity contribution in [2.75, 3.05) is 23.8 Å². The molecule has 0 spiro atoms. The summed E-state index contributed by atoms with van der Waals surface area (Å²) in [5, 5.41) is 3.17. The van der Waals surface area contributed by atoms with E-state index in [9.17, 15) is 0 Å². The molecular formula is C17H24N4. The lowest BCUT2D eigenvalue weighted by Gasteiger charge is -2.25. The van der Waals surface area contributed by atoms with Crippen LogP contribution < -0.4 is 10.2 Å². The molecule has 2 rings (SSSR count). The maximum atomic E-state index is 4.74. The summed E-state index contributed by atoms with van der Waals surface area (Å²) < 4.78 is 0. The highest BCUT2D eigenvalue weighted by molar-refractivity contribution is 5.67. The zero-order chi connectivity index (χ0) is 15.4. The first-order valence-electron chi connectivity index (χ1n) is 7.50. The fourth-order valence-corrected chi connectivity index (χ4v) is 2.39. The predicted octanol–water partition coefficient (Wildman–Crippen LogP) is 3.86. The molecule has 1 heterocycles. The summed E-state index contributed by atoms with van der Waals surface area (Å²) in [6, 6.07) is 8.55. The van der Waals surface area contributed by atoms with Crippen molar-refractivity contribution >= 4 is 17.3 Å². The molecule has 1 N–H and O–H groups in total. The van der Waals surface area contributed by atoms with Gasteiger partial charge >= 0.3 is 0 Å². The van der Waals surface area contributed by atoms with E-state index in [0.717, 1.165) is 41.7 Å². The van der Waals surface area contributed by atoms with Gasteiger partial charge in [0.05, 0.1) is 0 Å². The molecule has 0 fully saturated rings. The van der Waals surface area contributed by atoms with E-state index < -0.39 is 0 Å². The highest BCUT2D eigenvalue weighted by Gasteiger charge is 2.16. The maximum absolute atomic E-state index is 4.74. The first-order chi connectivity index (χ1) is 10.1. The van der Waals surface area contributed by atoms with E-state index in [-0.39, 0.29) is 0 Å². The predicted molar refractivity (Wildman–Crippen MR) is 89.6 cm³/mol. The first-order valence-corrected chi connectivity index (χ1v) is 7.50. The fourth-order valence-electron chi connectivity index (χ4n) is 2.39. The number of benzene rings is 1. The van der Waals surface area contributed by atoms with E-state index in [1.54, 1.807) is 0 Å². The van der Waals surface area contributed by atoms with Gasteiger partial charge < -0.3 is 10.2 Å². The van der Waals surface area contributed by atoms with Gasteiger partial charge in [-0.1, -0.05) is 24.6 Å². The molecule has 1 aromatic carbocycles. The molecule has 2 aromatic rings. The number of hydrogen-bond donors (Lipinski definition) is 1. The minimum atomic E-state index is 0.827. The Kier molecular flexibility index (Phi) is 4.78. The molecule has 0 unspecified atom stereocenters. The molecule has 0 amide bonds. The topological polar surface area (TPSA) is 41.1 Å². The third kappa shape index (κ3) is 3.15. The Labute approximate surface area is 127 Å². The van der Waals surface area contributed by atoms with E-state index in [1.807, 2.05) is 7.05 Å². The van der Waals surface area contributed by atoms with Gasteiger partial charge in [-0.3, -0.25) is 0 Å². The second-order valence-corrected chi connectivity index (χ2v) is 5.12. The molecule has 0 aliphatic carbocycles. The van der Waals surface area contributed by atoms with Crippen LogP contribution in [0.2, 0.25) is 0 Å². The molecular weight excluding hydrogens is 260 g/mol. The zero-order valence-corrected chi connectivity index (χ0v) is 13.6. The van der Waals surface area contributed by atoms with Gasteiger partial charge in [-0.2, -0.15) is 0 Å². The van der Waals surface area contributed by atoms with Crippen molar-refractivity contribution in [1.82, 2.24) is 9.97 Å². The largest absolute Gasteiger partial charge is 0.373 e. The molecule has 21 heavy (non-hydrogen) atoms. The summed E-state index contributed by atoms with van der Waals surface area (Å²) in [6.07, 6.45) is 0.827. The Hall–Kier alpha value is -2.10. The highest BCUT2D eigenvalue weighted by Crippen LogP contribution is 2.29. The summed E-state index contributed by atoms with van der Waals surface area (Å²) in [5.74, 6) is 2.76. The van der Waals surface area contributed by atoms with Crippen molar-refractivity contribution in [3.05, 3.63) is 41.2 Å². The number of nitrogens with zero attached hydrogens (tertiary/aromatic N) is 3. The van der Waals surface area contributed by atoms with E-state index in [4.69, 9.17) is 4.98 Å². The standard InChI is InChI=1S/C17H24N4/c1-6-15-19-16(18-5)13(4)17(20-15)21(7-2)14-10-8-12(3)9-11-14/h8-11H,6-7H2,1-5H3,(H,18,19,20). The van der Waals surface area contributed by atoms with Crippen molar-refractivity contribution < 1.29 is 0 Å². The third-order valence-electron chi connectivity index (χ3n) is 3.64. The van der Waals surface area contributed by atoms with Gasteiger partial charge in [0.15, 0.2) is 0 Å². The van der Waals surface area contributed by atoms with Crippen LogP contribution in [-0.2, 0) is 6.42 Å². The van der Waals surface area contributed by atoms with Crippen molar-refractivity contribution in [3.8, 4) is 0 Å². The van der Waals surface area contributed by atoms with Crippen molar-refractivity contribution in [3.63, 3.8) is 0 Å². The molecule has 4 nitrogen and oxygen atoms in total. The Morgan fingerprint density at radius 3 is 2.24 bits per heavy atom. The van der Waals surface area contributed by atoms with E-state index in [0.29, 0.717) is 0 Å². The molecule has 1 aromatic heterocycles. The molecule has 112 valence electrons. The molecule has 0 radical (unpaired) electrons. The van der Waals surface area contributed by atoms with Crippen LogP contribution in [0, 0.1) is 13.8 Å². The van der Waals surface area contributed by atoms with Crippen LogP contribution in [0.3, 0.4) is 0 Å². The van der Waals surface area contributed by atoms with Crippen LogP contribution in [0.1, 0.15) is 30.8 Å². The summed E-state index contributed by atoms with van der Waals surface area (Å²) in [4.78, 5) is 11.5. The van der Waals surface area contributed by atoms with Gasteiger partial charge in [0.1, 0.15) is 17.5 Å². The molecule has 0 aliphatic rings. The second-order valence-electron chi connectivity index (χ2n) is 5.12. The minimum Gasteiger partial charge on any atom is -0.373 e. The lowest BCUT2D eigenvalue weighted by atomic mass is 10.2. The second kappa shape index (κ2) is 6.57. The lowest BCUT2D eigenvalue weighted by molar-refractivity contribution is 0.893. The Morgan fingerprint density at radius 1 is 1.05 bits per heavy atom.